The molecule has 1 aromatic rings. The molecule has 0 saturated heterocycles. The van der Waals surface area contributed by atoms with Gasteiger partial charge in [-0.05, 0) is 116 Å². The standard InChI is InChI=1S/C27H40F2O3/c1-18(12-8-14-24(28)29)10-7-11-19(2)13-9-16-27(6,32)17-15-23-22(5)25(30)20(3)21(4)26(23)31/h10,13-14,30-32H,7-9,11-12,15-17H2,1-6H3/b18-10+,19-13+/t27-/m1/s1. The molecule has 1 rings (SSSR count). The van der Waals surface area contributed by atoms with Crippen LogP contribution in [0.2, 0.25) is 0 Å². The van der Waals surface area contributed by atoms with Gasteiger partial charge in [-0.2, -0.15) is 8.78 Å². The number of aliphatic hydroxyl groups is 1. The van der Waals surface area contributed by atoms with Crippen LogP contribution in [0.3, 0.4) is 0 Å². The molecule has 0 heterocycles. The van der Waals surface area contributed by atoms with Crippen molar-refractivity contribution in [1.29, 1.82) is 0 Å². The second-order valence-electron chi connectivity index (χ2n) is 9.26. The van der Waals surface area contributed by atoms with Gasteiger partial charge >= 0.3 is 0 Å². The minimum atomic E-state index is -1.62. The highest BCUT2D eigenvalue weighted by molar-refractivity contribution is 5.56. The third-order valence-corrected chi connectivity index (χ3v) is 6.32. The number of phenols is 2. The molecule has 0 fully saturated rings. The van der Waals surface area contributed by atoms with Crippen molar-refractivity contribution in [3.8, 4) is 11.5 Å². The molecule has 3 N–H and O–H groups in total. The Morgan fingerprint density at radius 2 is 1.28 bits per heavy atom. The molecule has 32 heavy (non-hydrogen) atoms. The van der Waals surface area contributed by atoms with E-state index in [1.54, 1.807) is 20.8 Å². The highest BCUT2D eigenvalue weighted by atomic mass is 19.3. The number of halogens is 2. The summed E-state index contributed by atoms with van der Waals surface area (Å²) in [5.74, 6) is 0.419. The summed E-state index contributed by atoms with van der Waals surface area (Å²) in [4.78, 5) is 0. The van der Waals surface area contributed by atoms with E-state index in [9.17, 15) is 24.1 Å². The fourth-order valence-corrected chi connectivity index (χ4v) is 3.80. The largest absolute Gasteiger partial charge is 0.507 e. The second kappa shape index (κ2) is 12.8. The Morgan fingerprint density at radius 1 is 0.781 bits per heavy atom. The molecule has 1 atom stereocenters. The number of phenolic OH excluding ortho intramolecular Hbond substituents is 2. The fraction of sp³-hybridized carbons (Fsp3) is 0.556. The van der Waals surface area contributed by atoms with Crippen molar-refractivity contribution in [3.63, 3.8) is 0 Å². The molecule has 0 spiro atoms. The van der Waals surface area contributed by atoms with Crippen LogP contribution in [-0.4, -0.2) is 20.9 Å². The summed E-state index contributed by atoms with van der Waals surface area (Å²) < 4.78 is 24.1. The van der Waals surface area contributed by atoms with Gasteiger partial charge in [0.25, 0.3) is 6.08 Å². The molecule has 3 nitrogen and oxygen atoms in total. The Kier molecular flexibility index (Phi) is 11.1. The SMILES string of the molecule is C/C(=C\CC/C(C)=C/CC[C@@](C)(O)CCc1c(C)c(O)c(C)c(C)c1O)CCC=C(F)F. The Hall–Kier alpha value is -2.14. The first-order valence-corrected chi connectivity index (χ1v) is 11.4. The number of benzene rings is 1. The number of hydrogen-bond acceptors (Lipinski definition) is 3. The van der Waals surface area contributed by atoms with Gasteiger partial charge in [0.15, 0.2) is 0 Å². The molecule has 0 aliphatic heterocycles. The van der Waals surface area contributed by atoms with Gasteiger partial charge in [-0.25, -0.2) is 0 Å². The van der Waals surface area contributed by atoms with Gasteiger partial charge in [0, 0.05) is 5.56 Å². The van der Waals surface area contributed by atoms with Gasteiger partial charge in [-0.1, -0.05) is 23.3 Å². The molecule has 0 radical (unpaired) electrons. The Balaban J connectivity index is 2.53. The van der Waals surface area contributed by atoms with Crippen LogP contribution in [0.25, 0.3) is 0 Å². The first-order valence-electron chi connectivity index (χ1n) is 11.4. The first-order chi connectivity index (χ1) is 14.9. The molecule has 0 bridgehead atoms. The van der Waals surface area contributed by atoms with Crippen molar-refractivity contribution in [3.05, 3.63) is 57.7 Å². The van der Waals surface area contributed by atoms with E-state index in [4.69, 9.17) is 0 Å². The summed E-state index contributed by atoms with van der Waals surface area (Å²) in [7, 11) is 0. The molecule has 0 amide bonds. The second-order valence-corrected chi connectivity index (χ2v) is 9.26. The fourth-order valence-electron chi connectivity index (χ4n) is 3.80. The molecule has 0 saturated carbocycles. The normalized spacial score (nSPS) is 14.4. The highest BCUT2D eigenvalue weighted by Gasteiger charge is 2.23. The summed E-state index contributed by atoms with van der Waals surface area (Å²) in [6, 6.07) is 0. The summed E-state index contributed by atoms with van der Waals surface area (Å²) in [5, 5.41) is 31.5. The monoisotopic (exact) mass is 450 g/mol. The van der Waals surface area contributed by atoms with Crippen LogP contribution in [0, 0.1) is 20.8 Å². The molecule has 0 aromatic heterocycles. The maximum Gasteiger partial charge on any atom is 0.266 e. The van der Waals surface area contributed by atoms with Gasteiger partial charge in [0.2, 0.25) is 0 Å². The predicted octanol–water partition coefficient (Wildman–Crippen LogP) is 7.72. The lowest BCUT2D eigenvalue weighted by Crippen LogP contribution is -2.24. The van der Waals surface area contributed by atoms with Crippen LogP contribution in [0.5, 0.6) is 11.5 Å². The van der Waals surface area contributed by atoms with Gasteiger partial charge in [0.1, 0.15) is 11.5 Å². The van der Waals surface area contributed by atoms with E-state index >= 15 is 0 Å². The number of rotatable bonds is 12. The van der Waals surface area contributed by atoms with Gasteiger partial charge in [-0.15, -0.1) is 0 Å². The van der Waals surface area contributed by atoms with Crippen molar-refractivity contribution >= 4 is 0 Å². The lowest BCUT2D eigenvalue weighted by molar-refractivity contribution is 0.0431. The molecule has 0 aliphatic rings. The van der Waals surface area contributed by atoms with Crippen LogP contribution in [-0.2, 0) is 6.42 Å². The number of hydrogen-bond donors (Lipinski definition) is 3. The molecule has 0 aliphatic carbocycles. The van der Waals surface area contributed by atoms with Crippen molar-refractivity contribution in [2.75, 3.05) is 0 Å². The lowest BCUT2D eigenvalue weighted by Gasteiger charge is -2.24. The Labute approximate surface area is 192 Å². The van der Waals surface area contributed by atoms with E-state index in [1.807, 2.05) is 13.8 Å². The van der Waals surface area contributed by atoms with E-state index in [0.717, 1.165) is 30.9 Å². The zero-order valence-corrected chi connectivity index (χ0v) is 20.5. The topological polar surface area (TPSA) is 60.7 Å². The maximum absolute atomic E-state index is 12.1. The molecule has 5 heteroatoms. The van der Waals surface area contributed by atoms with Crippen molar-refractivity contribution in [1.82, 2.24) is 0 Å². The summed E-state index contributed by atoms with van der Waals surface area (Å²) >= 11 is 0. The van der Waals surface area contributed by atoms with Crippen molar-refractivity contribution < 1.29 is 24.1 Å². The van der Waals surface area contributed by atoms with Crippen LogP contribution in [0.4, 0.5) is 8.78 Å². The van der Waals surface area contributed by atoms with Crippen LogP contribution >= 0.6 is 0 Å². The zero-order chi connectivity index (χ0) is 24.5. The van der Waals surface area contributed by atoms with Gasteiger partial charge in [-0.3, -0.25) is 0 Å². The molecular weight excluding hydrogens is 410 g/mol. The quantitative estimate of drug-likeness (QED) is 0.226. The third kappa shape index (κ3) is 9.15. The first kappa shape index (κ1) is 27.9. The predicted molar refractivity (Wildman–Crippen MR) is 128 cm³/mol. The van der Waals surface area contributed by atoms with E-state index in [0.29, 0.717) is 54.4 Å². The molecule has 1 aromatic carbocycles. The summed E-state index contributed by atoms with van der Waals surface area (Å²) in [5.41, 5.74) is 4.22. The minimum Gasteiger partial charge on any atom is -0.507 e. The van der Waals surface area contributed by atoms with E-state index in [1.165, 1.54) is 5.57 Å². The minimum absolute atomic E-state index is 0.207. The molecule has 180 valence electrons. The van der Waals surface area contributed by atoms with Gasteiger partial charge in [0.05, 0.1) is 5.60 Å². The highest BCUT2D eigenvalue weighted by Crippen LogP contribution is 2.37. The van der Waals surface area contributed by atoms with E-state index in [2.05, 4.69) is 19.1 Å². The van der Waals surface area contributed by atoms with Crippen LogP contribution in [0.1, 0.15) is 88.0 Å². The molecule has 0 unspecified atom stereocenters. The number of allylic oxidation sites excluding steroid dienone is 5. The van der Waals surface area contributed by atoms with Gasteiger partial charge < -0.3 is 15.3 Å². The Morgan fingerprint density at radius 3 is 1.84 bits per heavy atom. The maximum atomic E-state index is 12.1. The third-order valence-electron chi connectivity index (χ3n) is 6.32. The Bertz CT molecular complexity index is 831. The smallest absolute Gasteiger partial charge is 0.266 e. The van der Waals surface area contributed by atoms with Crippen LogP contribution in [0.15, 0.2) is 35.5 Å². The lowest BCUT2D eigenvalue weighted by atomic mass is 9.88. The van der Waals surface area contributed by atoms with Crippen LogP contribution < -0.4 is 0 Å². The van der Waals surface area contributed by atoms with E-state index < -0.39 is 11.7 Å². The van der Waals surface area contributed by atoms with Crippen molar-refractivity contribution in [2.45, 2.75) is 98.5 Å². The summed E-state index contributed by atoms with van der Waals surface area (Å²) in [6.45, 7) is 11.2. The average Bonchev–Trinajstić information content (AvgIpc) is 2.70. The van der Waals surface area contributed by atoms with Crippen molar-refractivity contribution in [2.24, 2.45) is 0 Å². The summed E-state index contributed by atoms with van der Waals surface area (Å²) in [6.07, 6.45) is 8.73. The zero-order valence-electron chi connectivity index (χ0n) is 20.5. The average molecular weight is 451 g/mol. The van der Waals surface area contributed by atoms with E-state index in [-0.39, 0.29) is 11.5 Å². The number of aromatic hydroxyl groups is 2. The molecular formula is C27H40F2O3.